The molecule has 2 N–H and O–H groups in total. The Balaban J connectivity index is 1.41. The first-order valence-corrected chi connectivity index (χ1v) is 9.22. The third kappa shape index (κ3) is 4.55. The van der Waals surface area contributed by atoms with E-state index in [1.165, 1.54) is 0 Å². The Bertz CT molecular complexity index is 659. The van der Waals surface area contributed by atoms with Gasteiger partial charge in [-0.1, -0.05) is 30.3 Å². The third-order valence-corrected chi connectivity index (χ3v) is 5.08. The van der Waals surface area contributed by atoms with Crippen molar-refractivity contribution in [3.63, 3.8) is 0 Å². The summed E-state index contributed by atoms with van der Waals surface area (Å²) in [5.41, 5.74) is 2.17. The van der Waals surface area contributed by atoms with Gasteiger partial charge in [0.1, 0.15) is 6.10 Å². The summed E-state index contributed by atoms with van der Waals surface area (Å²) in [5, 5.41) is 9.15. The monoisotopic (exact) mass is 345 g/mol. The Hall–Kier alpha value is -1.92. The minimum absolute atomic E-state index is 0.0222. The highest BCUT2D eigenvalue weighted by Crippen LogP contribution is 2.28. The van der Waals surface area contributed by atoms with Gasteiger partial charge in [0.15, 0.2) is 0 Å². The number of nitrogens with one attached hydrogen (secondary N) is 2. The number of carbonyl (C=O) groups is 1. The number of amides is 2. The molecule has 1 aromatic heterocycles. The number of nitrogens with zero attached hydrogens (tertiary/aromatic N) is 1. The van der Waals surface area contributed by atoms with Crippen LogP contribution in [0.5, 0.6) is 0 Å². The van der Waals surface area contributed by atoms with Crippen LogP contribution in [-0.4, -0.2) is 30.2 Å². The quantitative estimate of drug-likeness (QED) is 0.790. The predicted molar refractivity (Wildman–Crippen MR) is 95.2 cm³/mol. The van der Waals surface area contributed by atoms with Gasteiger partial charge in [-0.25, -0.2) is 9.78 Å². The van der Waals surface area contributed by atoms with Crippen molar-refractivity contribution in [1.29, 1.82) is 0 Å². The van der Waals surface area contributed by atoms with Crippen molar-refractivity contribution in [2.24, 2.45) is 0 Å². The zero-order chi connectivity index (χ0) is 16.8. The zero-order valence-electron chi connectivity index (χ0n) is 13.8. The van der Waals surface area contributed by atoms with E-state index in [2.05, 4.69) is 21.0 Å². The van der Waals surface area contributed by atoms with E-state index in [9.17, 15) is 4.79 Å². The summed E-state index contributed by atoms with van der Waals surface area (Å²) >= 11 is 1.68. The van der Waals surface area contributed by atoms with Gasteiger partial charge in [-0.15, -0.1) is 11.3 Å². The van der Waals surface area contributed by atoms with Crippen LogP contribution in [0.2, 0.25) is 0 Å². The summed E-state index contributed by atoms with van der Waals surface area (Å²) in [4.78, 5) is 16.5. The summed E-state index contributed by atoms with van der Waals surface area (Å²) in [5.74, 6) is 0. The highest BCUT2D eigenvalue weighted by atomic mass is 32.1. The van der Waals surface area contributed by atoms with Gasteiger partial charge in [0.05, 0.1) is 11.0 Å². The largest absolute Gasteiger partial charge is 0.371 e. The van der Waals surface area contributed by atoms with E-state index in [0.717, 1.165) is 35.5 Å². The number of aryl methyl sites for hydroxylation is 2. The summed E-state index contributed by atoms with van der Waals surface area (Å²) in [6, 6.07) is 9.95. The van der Waals surface area contributed by atoms with Gasteiger partial charge in [-0.3, -0.25) is 0 Å². The number of hydrogen-bond donors (Lipinski definition) is 2. The molecule has 0 aliphatic carbocycles. The van der Waals surface area contributed by atoms with Crippen LogP contribution in [0.3, 0.4) is 0 Å². The highest BCUT2D eigenvalue weighted by molar-refractivity contribution is 7.09. The van der Waals surface area contributed by atoms with Gasteiger partial charge in [0.2, 0.25) is 0 Å². The molecule has 5 nitrogen and oxygen atoms in total. The van der Waals surface area contributed by atoms with Crippen LogP contribution < -0.4 is 10.6 Å². The van der Waals surface area contributed by atoms with Crippen LogP contribution in [0.15, 0.2) is 35.7 Å². The van der Waals surface area contributed by atoms with E-state index in [0.29, 0.717) is 13.2 Å². The van der Waals surface area contributed by atoms with Crippen molar-refractivity contribution < 1.29 is 9.53 Å². The molecule has 1 saturated heterocycles. The van der Waals surface area contributed by atoms with E-state index in [4.69, 9.17) is 4.74 Å². The number of hydrogen-bond acceptors (Lipinski definition) is 4. The van der Waals surface area contributed by atoms with Crippen LogP contribution in [-0.2, 0) is 11.2 Å². The van der Waals surface area contributed by atoms with Gasteiger partial charge >= 0.3 is 6.03 Å². The minimum Gasteiger partial charge on any atom is -0.371 e. The molecule has 2 aromatic rings. The molecule has 2 amide bonds. The fraction of sp³-hybridized carbons (Fsp3) is 0.444. The minimum atomic E-state index is -0.123. The van der Waals surface area contributed by atoms with Crippen LogP contribution in [0.25, 0.3) is 0 Å². The van der Waals surface area contributed by atoms with Gasteiger partial charge in [0, 0.05) is 30.6 Å². The van der Waals surface area contributed by atoms with Crippen molar-refractivity contribution in [3.05, 3.63) is 52.0 Å². The molecule has 2 atom stereocenters. The Kier molecular flexibility index (Phi) is 5.82. The molecule has 2 heterocycles. The molecule has 0 saturated carbocycles. The summed E-state index contributed by atoms with van der Waals surface area (Å²) in [7, 11) is 0. The number of ether oxygens (including phenoxy) is 1. The molecule has 6 heteroatoms. The van der Waals surface area contributed by atoms with Crippen molar-refractivity contribution in [2.45, 2.75) is 38.3 Å². The van der Waals surface area contributed by atoms with Gasteiger partial charge in [-0.05, 0) is 25.3 Å². The SMILES string of the molecule is Cc1csc(CCCNC(=O)N[C@H]2CCO[C@H]2c2ccccc2)n1. The second-order valence-corrected chi connectivity index (χ2v) is 6.93. The number of rotatable bonds is 6. The van der Waals surface area contributed by atoms with Gasteiger partial charge in [0.25, 0.3) is 0 Å². The first-order valence-electron chi connectivity index (χ1n) is 8.34. The van der Waals surface area contributed by atoms with E-state index in [-0.39, 0.29) is 18.2 Å². The molecular weight excluding hydrogens is 322 g/mol. The Morgan fingerprint density at radius 1 is 1.38 bits per heavy atom. The molecule has 0 radical (unpaired) electrons. The average Bonchev–Trinajstić information content (AvgIpc) is 3.21. The second-order valence-electron chi connectivity index (χ2n) is 5.98. The van der Waals surface area contributed by atoms with E-state index >= 15 is 0 Å². The molecule has 1 fully saturated rings. The fourth-order valence-corrected chi connectivity index (χ4v) is 3.71. The van der Waals surface area contributed by atoms with Crippen molar-refractivity contribution in [1.82, 2.24) is 15.6 Å². The van der Waals surface area contributed by atoms with E-state index in [1.807, 2.05) is 37.3 Å². The zero-order valence-corrected chi connectivity index (χ0v) is 14.6. The van der Waals surface area contributed by atoms with Crippen LogP contribution >= 0.6 is 11.3 Å². The predicted octanol–water partition coefficient (Wildman–Crippen LogP) is 3.21. The summed E-state index contributed by atoms with van der Waals surface area (Å²) < 4.78 is 5.79. The normalized spacial score (nSPS) is 20.0. The lowest BCUT2D eigenvalue weighted by Crippen LogP contribution is -2.43. The Morgan fingerprint density at radius 3 is 2.96 bits per heavy atom. The number of urea groups is 1. The number of thiazole rings is 1. The molecule has 1 aromatic carbocycles. The highest BCUT2D eigenvalue weighted by Gasteiger charge is 2.30. The lowest BCUT2D eigenvalue weighted by atomic mass is 10.0. The first kappa shape index (κ1) is 16.9. The van der Waals surface area contributed by atoms with Crippen LogP contribution in [0, 0.1) is 6.92 Å². The lowest BCUT2D eigenvalue weighted by Gasteiger charge is -2.20. The van der Waals surface area contributed by atoms with Crippen molar-refractivity contribution >= 4 is 17.4 Å². The molecule has 128 valence electrons. The molecule has 0 bridgehead atoms. The van der Waals surface area contributed by atoms with Crippen LogP contribution in [0.1, 0.15) is 35.2 Å². The fourth-order valence-electron chi connectivity index (χ4n) is 2.89. The maximum atomic E-state index is 12.1. The number of benzene rings is 1. The lowest BCUT2D eigenvalue weighted by molar-refractivity contribution is 0.0999. The second kappa shape index (κ2) is 8.26. The van der Waals surface area contributed by atoms with Crippen molar-refractivity contribution in [3.8, 4) is 0 Å². The maximum absolute atomic E-state index is 12.1. The van der Waals surface area contributed by atoms with Crippen LogP contribution in [0.4, 0.5) is 4.79 Å². The topological polar surface area (TPSA) is 63.2 Å². The standard InChI is InChI=1S/C18H23N3O2S/c1-13-12-24-16(20-13)8-5-10-19-18(22)21-15-9-11-23-17(15)14-6-3-2-4-7-14/h2-4,6-7,12,15,17H,5,8-11H2,1H3,(H2,19,21,22)/t15-,17-/m0/s1. The molecule has 1 aliphatic heterocycles. The van der Waals surface area contributed by atoms with E-state index < -0.39 is 0 Å². The third-order valence-electron chi connectivity index (χ3n) is 4.06. The molecular formula is C18H23N3O2S. The van der Waals surface area contributed by atoms with Crippen molar-refractivity contribution in [2.75, 3.05) is 13.2 Å². The summed E-state index contributed by atoms with van der Waals surface area (Å²) in [6.07, 6.45) is 2.57. The van der Waals surface area contributed by atoms with Gasteiger partial charge in [-0.2, -0.15) is 0 Å². The van der Waals surface area contributed by atoms with Gasteiger partial charge < -0.3 is 15.4 Å². The smallest absolute Gasteiger partial charge is 0.315 e. The summed E-state index contributed by atoms with van der Waals surface area (Å²) in [6.45, 7) is 3.32. The molecule has 24 heavy (non-hydrogen) atoms. The Labute approximate surface area is 146 Å². The Morgan fingerprint density at radius 2 is 2.21 bits per heavy atom. The van der Waals surface area contributed by atoms with E-state index in [1.54, 1.807) is 11.3 Å². The molecule has 1 aliphatic rings. The first-order chi connectivity index (χ1) is 11.7. The maximum Gasteiger partial charge on any atom is 0.315 e. The number of carbonyl (C=O) groups excluding carboxylic acids is 1. The molecule has 0 spiro atoms. The average molecular weight is 345 g/mol. The molecule has 0 unspecified atom stereocenters. The number of aromatic nitrogens is 1. The molecule has 3 rings (SSSR count).